The summed E-state index contributed by atoms with van der Waals surface area (Å²) in [5, 5.41) is 0. The van der Waals surface area contributed by atoms with Crippen LogP contribution in [0.15, 0.2) is 36.5 Å². The second kappa shape index (κ2) is 8.44. The minimum absolute atomic E-state index is 0.0414. The monoisotopic (exact) mass is 406 g/mol. The molecule has 1 aromatic heterocycles. The molecule has 2 N–H and O–H groups in total. The Morgan fingerprint density at radius 2 is 1.75 bits per heavy atom. The third-order valence-corrected chi connectivity index (χ3v) is 4.86. The fourth-order valence-corrected chi connectivity index (χ4v) is 3.40. The highest BCUT2D eigenvalue weighted by Gasteiger charge is 2.26. The number of anilines is 1. The van der Waals surface area contributed by atoms with E-state index in [1.54, 1.807) is 34.9 Å². The van der Waals surface area contributed by atoms with Crippen LogP contribution in [0.5, 0.6) is 0 Å². The van der Waals surface area contributed by atoms with Gasteiger partial charge in [0.15, 0.2) is 0 Å². The van der Waals surface area contributed by atoms with E-state index in [1.807, 2.05) is 0 Å². The first-order valence-electron chi connectivity index (χ1n) is 8.53. The molecular weight excluding hydrogens is 387 g/mol. The van der Waals surface area contributed by atoms with Crippen molar-refractivity contribution in [2.45, 2.75) is 6.92 Å². The summed E-state index contributed by atoms with van der Waals surface area (Å²) in [7, 11) is 0. The van der Waals surface area contributed by atoms with Gasteiger partial charge in [-0.25, -0.2) is 8.60 Å². The third-order valence-electron chi connectivity index (χ3n) is 4.47. The second-order valence-corrected chi connectivity index (χ2v) is 7.03. The van der Waals surface area contributed by atoms with Gasteiger partial charge < -0.3 is 9.80 Å². The average molecular weight is 406 g/mol. The van der Waals surface area contributed by atoms with Crippen molar-refractivity contribution in [2.24, 2.45) is 0 Å². The Bertz CT molecular complexity index is 932. The number of halogens is 1. The van der Waals surface area contributed by atoms with E-state index >= 15 is 0 Å². The molecule has 28 heavy (non-hydrogen) atoms. The van der Waals surface area contributed by atoms with Gasteiger partial charge in [-0.2, -0.15) is 0 Å². The molecular formula is C18H19FN4O4S. The predicted molar refractivity (Wildman–Crippen MR) is 102 cm³/mol. The van der Waals surface area contributed by atoms with Crippen LogP contribution in [0, 0.1) is 12.7 Å². The van der Waals surface area contributed by atoms with E-state index in [0.29, 0.717) is 43.0 Å². The summed E-state index contributed by atoms with van der Waals surface area (Å²) in [5.74, 6) is -1.07. The van der Waals surface area contributed by atoms with Gasteiger partial charge in [0, 0.05) is 44.0 Å². The Morgan fingerprint density at radius 3 is 2.32 bits per heavy atom. The molecule has 0 bridgehead atoms. The maximum atomic E-state index is 13.3. The molecule has 1 aliphatic rings. The lowest BCUT2D eigenvalue weighted by molar-refractivity contribution is 0.0532. The van der Waals surface area contributed by atoms with E-state index in [-0.39, 0.29) is 17.5 Å². The molecule has 1 aromatic carbocycles. The second-order valence-electron chi connectivity index (χ2n) is 6.32. The first-order valence-corrected chi connectivity index (χ1v) is 9.64. The summed E-state index contributed by atoms with van der Waals surface area (Å²) in [5.41, 5.74) is 1.63. The zero-order chi connectivity index (χ0) is 20.3. The van der Waals surface area contributed by atoms with Crippen LogP contribution < -0.4 is 4.72 Å². The van der Waals surface area contributed by atoms with Gasteiger partial charge in [0.1, 0.15) is 11.5 Å². The number of aryl methyl sites for hydroxylation is 1. The Hall–Kier alpha value is -2.85. The molecule has 8 nitrogen and oxygen atoms in total. The zero-order valence-electron chi connectivity index (χ0n) is 15.1. The van der Waals surface area contributed by atoms with Gasteiger partial charge in [-0.1, -0.05) is 0 Å². The molecule has 10 heteroatoms. The van der Waals surface area contributed by atoms with Crippen molar-refractivity contribution in [1.82, 2.24) is 14.8 Å². The maximum absolute atomic E-state index is 13.3. The number of carbonyl (C=O) groups is 2. The summed E-state index contributed by atoms with van der Waals surface area (Å²) in [6, 6.07) is 7.07. The standard InChI is InChI=1S/C18H19FN4O4S/c1-12-10-13(2-3-15(12)21-28(26)27)17(24)22-6-8-23(9-7-22)18(25)16-11-14(19)4-5-20-16/h2-5,10-11,21H,6-9H2,1H3,(H,26,27). The Kier molecular flexibility index (Phi) is 6.00. The minimum atomic E-state index is -2.19. The number of pyridine rings is 1. The number of rotatable bonds is 4. The quantitative estimate of drug-likeness (QED) is 0.752. The van der Waals surface area contributed by atoms with Gasteiger partial charge in [-0.3, -0.25) is 23.8 Å². The number of hydrogen-bond donors (Lipinski definition) is 2. The van der Waals surface area contributed by atoms with Crippen LogP contribution in [-0.4, -0.2) is 61.5 Å². The number of piperazine rings is 1. The lowest BCUT2D eigenvalue weighted by Gasteiger charge is -2.34. The molecule has 148 valence electrons. The maximum Gasteiger partial charge on any atom is 0.272 e. The van der Waals surface area contributed by atoms with Gasteiger partial charge in [-0.05, 0) is 36.8 Å². The van der Waals surface area contributed by atoms with Gasteiger partial charge >= 0.3 is 0 Å². The number of amides is 2. The number of nitrogens with one attached hydrogen (secondary N) is 1. The smallest absolute Gasteiger partial charge is 0.272 e. The first-order chi connectivity index (χ1) is 13.3. The lowest BCUT2D eigenvalue weighted by atomic mass is 10.1. The zero-order valence-corrected chi connectivity index (χ0v) is 15.9. The molecule has 1 saturated heterocycles. The largest absolute Gasteiger partial charge is 0.335 e. The fraction of sp³-hybridized carbons (Fsp3) is 0.278. The molecule has 0 saturated carbocycles. The molecule has 3 rings (SSSR count). The third kappa shape index (κ3) is 4.52. The van der Waals surface area contributed by atoms with Gasteiger partial charge in [0.25, 0.3) is 23.1 Å². The highest BCUT2D eigenvalue weighted by atomic mass is 32.2. The molecule has 0 aliphatic carbocycles. The van der Waals surface area contributed by atoms with Crippen molar-refractivity contribution >= 4 is 28.8 Å². The molecule has 0 spiro atoms. The highest BCUT2D eigenvalue weighted by molar-refractivity contribution is 7.80. The number of hydrogen-bond acceptors (Lipinski definition) is 4. The summed E-state index contributed by atoms with van der Waals surface area (Å²) in [4.78, 5) is 32.2. The van der Waals surface area contributed by atoms with E-state index < -0.39 is 17.1 Å². The molecule has 2 heterocycles. The SMILES string of the molecule is Cc1cc(C(=O)N2CCN(C(=O)c3cc(F)ccn3)CC2)ccc1NS(=O)O. The first kappa shape index (κ1) is 19.9. The fourth-order valence-electron chi connectivity index (χ4n) is 2.98. The normalized spacial score (nSPS) is 15.2. The molecule has 1 aliphatic heterocycles. The Balaban J connectivity index is 1.63. The van der Waals surface area contributed by atoms with Crippen LogP contribution in [0.4, 0.5) is 10.1 Å². The molecule has 1 unspecified atom stereocenters. The average Bonchev–Trinajstić information content (AvgIpc) is 2.68. The van der Waals surface area contributed by atoms with Crippen LogP contribution >= 0.6 is 0 Å². The van der Waals surface area contributed by atoms with Crippen molar-refractivity contribution in [3.63, 3.8) is 0 Å². The van der Waals surface area contributed by atoms with Crippen LogP contribution in [0.3, 0.4) is 0 Å². The molecule has 2 aromatic rings. The number of aromatic nitrogens is 1. The Labute approximate surface area is 163 Å². The van der Waals surface area contributed by atoms with Crippen LogP contribution in [0.2, 0.25) is 0 Å². The van der Waals surface area contributed by atoms with Crippen molar-refractivity contribution in [3.05, 3.63) is 59.2 Å². The van der Waals surface area contributed by atoms with E-state index in [9.17, 15) is 18.2 Å². The van der Waals surface area contributed by atoms with Crippen molar-refractivity contribution in [1.29, 1.82) is 0 Å². The number of carbonyl (C=O) groups excluding carboxylic acids is 2. The van der Waals surface area contributed by atoms with Crippen LogP contribution in [0.25, 0.3) is 0 Å². The van der Waals surface area contributed by atoms with E-state index in [0.717, 1.165) is 6.07 Å². The summed E-state index contributed by atoms with van der Waals surface area (Å²) in [6.45, 7) is 3.07. The lowest BCUT2D eigenvalue weighted by Crippen LogP contribution is -2.50. The van der Waals surface area contributed by atoms with Gasteiger partial charge in [0.05, 0.1) is 5.69 Å². The van der Waals surface area contributed by atoms with Crippen LogP contribution in [0.1, 0.15) is 26.4 Å². The summed E-state index contributed by atoms with van der Waals surface area (Å²) in [6.07, 6.45) is 1.25. The highest BCUT2D eigenvalue weighted by Crippen LogP contribution is 2.19. The van der Waals surface area contributed by atoms with E-state index in [2.05, 4.69) is 9.71 Å². The molecule has 1 fully saturated rings. The number of benzene rings is 1. The van der Waals surface area contributed by atoms with Crippen molar-refractivity contribution < 1.29 is 22.7 Å². The van der Waals surface area contributed by atoms with Gasteiger partial charge in [0.2, 0.25) is 0 Å². The topological polar surface area (TPSA) is 103 Å². The minimum Gasteiger partial charge on any atom is -0.335 e. The van der Waals surface area contributed by atoms with E-state index in [1.165, 1.54) is 12.3 Å². The Morgan fingerprint density at radius 1 is 1.11 bits per heavy atom. The summed E-state index contributed by atoms with van der Waals surface area (Å²) < 4.78 is 35.4. The van der Waals surface area contributed by atoms with Crippen LogP contribution in [-0.2, 0) is 11.3 Å². The number of nitrogens with zero attached hydrogens (tertiary/aromatic N) is 3. The molecule has 1 atom stereocenters. The van der Waals surface area contributed by atoms with Crippen molar-refractivity contribution in [2.75, 3.05) is 30.9 Å². The van der Waals surface area contributed by atoms with Crippen molar-refractivity contribution in [3.8, 4) is 0 Å². The molecule has 2 amide bonds. The predicted octanol–water partition coefficient (Wildman–Crippen LogP) is 1.68. The molecule has 0 radical (unpaired) electrons. The van der Waals surface area contributed by atoms with E-state index in [4.69, 9.17) is 4.55 Å². The summed E-state index contributed by atoms with van der Waals surface area (Å²) >= 11 is -2.19. The van der Waals surface area contributed by atoms with Gasteiger partial charge in [-0.15, -0.1) is 0 Å².